The van der Waals surface area contributed by atoms with Gasteiger partial charge in [-0.25, -0.2) is 13.5 Å². The van der Waals surface area contributed by atoms with E-state index in [0.29, 0.717) is 47.8 Å². The quantitative estimate of drug-likeness (QED) is 0.199. The van der Waals surface area contributed by atoms with Gasteiger partial charge in [-0.1, -0.05) is 36.4 Å². The topological polar surface area (TPSA) is 117 Å². The molecule has 0 radical (unpaired) electrons. The van der Waals surface area contributed by atoms with Crippen LogP contribution >= 0.6 is 0 Å². The van der Waals surface area contributed by atoms with Crippen LogP contribution in [-0.4, -0.2) is 61.3 Å². The molecule has 2 atom stereocenters. The molecule has 9 nitrogen and oxygen atoms in total. The number of rotatable bonds is 10. The molecule has 0 aliphatic carbocycles. The van der Waals surface area contributed by atoms with Gasteiger partial charge in [-0.3, -0.25) is 19.5 Å². The van der Waals surface area contributed by atoms with Crippen LogP contribution in [0, 0.1) is 11.6 Å². The maximum Gasteiger partial charge on any atom is 0.152 e. The molecule has 46 heavy (non-hydrogen) atoms. The SMILES string of the molecule is C[S+]([O-])Nc1cc(C(=CN)c2ccc(-c3cnn(CC4COCCN4Cc4ccccc4)c3)cn2)cc(-c2ncc(F)cc2F)c1. The minimum atomic E-state index is -1.40. The van der Waals surface area contributed by atoms with Crippen LogP contribution in [0.2, 0.25) is 0 Å². The highest BCUT2D eigenvalue weighted by Crippen LogP contribution is 2.32. The first-order valence-corrected chi connectivity index (χ1v) is 16.3. The van der Waals surface area contributed by atoms with Gasteiger partial charge in [0.1, 0.15) is 17.8 Å². The molecule has 0 saturated carbocycles. The van der Waals surface area contributed by atoms with E-state index in [2.05, 4.69) is 49.0 Å². The molecule has 3 N–H and O–H groups in total. The van der Waals surface area contributed by atoms with Gasteiger partial charge in [0, 0.05) is 60.0 Å². The van der Waals surface area contributed by atoms with Crippen molar-refractivity contribution in [1.29, 1.82) is 0 Å². The van der Waals surface area contributed by atoms with Gasteiger partial charge in [0.25, 0.3) is 0 Å². The van der Waals surface area contributed by atoms with Crippen molar-refractivity contribution < 1.29 is 18.1 Å². The number of nitrogens with one attached hydrogen (secondary N) is 1. The number of nitrogens with two attached hydrogens (primary N) is 1. The van der Waals surface area contributed by atoms with E-state index in [0.717, 1.165) is 36.5 Å². The fourth-order valence-electron chi connectivity index (χ4n) is 5.54. The molecule has 4 heterocycles. The van der Waals surface area contributed by atoms with E-state index >= 15 is 0 Å². The van der Waals surface area contributed by atoms with Crippen molar-refractivity contribution >= 4 is 22.6 Å². The van der Waals surface area contributed by atoms with E-state index in [-0.39, 0.29) is 11.7 Å². The minimum Gasteiger partial charge on any atom is -0.593 e. The van der Waals surface area contributed by atoms with Crippen LogP contribution in [0.3, 0.4) is 0 Å². The molecular formula is C34H33F2N7O2S. The van der Waals surface area contributed by atoms with Crippen LogP contribution in [0.15, 0.2) is 97.7 Å². The Kier molecular flexibility index (Phi) is 9.69. The van der Waals surface area contributed by atoms with Gasteiger partial charge in [-0.05, 0) is 35.4 Å². The third-order valence-corrected chi connectivity index (χ3v) is 8.26. The Morgan fingerprint density at radius 2 is 1.89 bits per heavy atom. The Bertz CT molecular complexity index is 1820. The smallest absolute Gasteiger partial charge is 0.152 e. The van der Waals surface area contributed by atoms with E-state index in [9.17, 15) is 13.3 Å². The number of anilines is 1. The van der Waals surface area contributed by atoms with Crippen molar-refractivity contribution in [1.82, 2.24) is 24.6 Å². The molecule has 1 saturated heterocycles. The van der Waals surface area contributed by atoms with Crippen molar-refractivity contribution in [3.8, 4) is 22.4 Å². The molecule has 1 fully saturated rings. The molecule has 236 valence electrons. The van der Waals surface area contributed by atoms with E-state index in [4.69, 9.17) is 10.5 Å². The fourth-order valence-corrected chi connectivity index (χ4v) is 5.99. The second-order valence-corrected chi connectivity index (χ2v) is 12.1. The highest BCUT2D eigenvalue weighted by molar-refractivity contribution is 7.92. The first-order valence-electron chi connectivity index (χ1n) is 14.7. The van der Waals surface area contributed by atoms with Crippen molar-refractivity contribution in [3.63, 3.8) is 0 Å². The van der Waals surface area contributed by atoms with E-state index < -0.39 is 23.0 Å². The van der Waals surface area contributed by atoms with E-state index in [1.54, 1.807) is 24.4 Å². The average Bonchev–Trinajstić information content (AvgIpc) is 3.51. The summed E-state index contributed by atoms with van der Waals surface area (Å²) >= 11 is -1.40. The first-order chi connectivity index (χ1) is 22.4. The molecule has 2 aromatic carbocycles. The number of benzene rings is 2. The van der Waals surface area contributed by atoms with Crippen molar-refractivity contribution in [2.45, 2.75) is 19.1 Å². The first kappa shape index (κ1) is 31.4. The molecule has 0 bridgehead atoms. The van der Waals surface area contributed by atoms with Crippen LogP contribution in [-0.2, 0) is 29.2 Å². The highest BCUT2D eigenvalue weighted by Gasteiger charge is 2.24. The highest BCUT2D eigenvalue weighted by atomic mass is 32.2. The van der Waals surface area contributed by atoms with Crippen molar-refractivity contribution in [3.05, 3.63) is 126 Å². The van der Waals surface area contributed by atoms with Gasteiger partial charge >= 0.3 is 0 Å². The van der Waals surface area contributed by atoms with Crippen molar-refractivity contribution in [2.24, 2.45) is 5.73 Å². The van der Waals surface area contributed by atoms with Crippen LogP contribution in [0.4, 0.5) is 14.5 Å². The average molecular weight is 642 g/mol. The van der Waals surface area contributed by atoms with Gasteiger partial charge < -0.3 is 15.0 Å². The Hall–Kier alpha value is -4.62. The van der Waals surface area contributed by atoms with Gasteiger partial charge in [0.05, 0.1) is 60.9 Å². The van der Waals surface area contributed by atoms with Gasteiger partial charge in [0.15, 0.2) is 5.82 Å². The summed E-state index contributed by atoms with van der Waals surface area (Å²) in [6.45, 7) is 3.77. The molecule has 12 heteroatoms. The number of morpholine rings is 1. The third-order valence-electron chi connectivity index (χ3n) is 7.74. The summed E-state index contributed by atoms with van der Waals surface area (Å²) in [5, 5.41) is 4.62. The minimum absolute atomic E-state index is 0.0483. The standard InChI is InChI=1S/C34H33F2N7O2S/c1-46(44)41-29-12-25(11-26(13-29)34-32(36)14-28(35)18-39-34)31(15-37)33-8-7-24(16-38-33)27-17-40-43(20-27)21-30-22-45-10-9-42(30)19-23-5-3-2-4-6-23/h2-8,11-18,20,30,41H,9-10,19,21-22,37H2,1H3. The zero-order chi connectivity index (χ0) is 32.0. The Morgan fingerprint density at radius 1 is 1.04 bits per heavy atom. The molecule has 0 spiro atoms. The van der Waals surface area contributed by atoms with Gasteiger partial charge in [0.2, 0.25) is 0 Å². The molecule has 1 aliphatic heterocycles. The molecule has 1 aliphatic rings. The maximum atomic E-state index is 14.7. The van der Waals surface area contributed by atoms with Crippen LogP contribution < -0.4 is 10.5 Å². The lowest BCUT2D eigenvalue weighted by Gasteiger charge is -2.35. The van der Waals surface area contributed by atoms with E-state index in [1.807, 2.05) is 35.3 Å². The largest absolute Gasteiger partial charge is 0.593 e. The number of hydrogen-bond acceptors (Lipinski definition) is 8. The van der Waals surface area contributed by atoms with Gasteiger partial charge in [-0.2, -0.15) is 5.10 Å². The number of ether oxygens (including phenoxy) is 1. The number of pyridine rings is 2. The monoisotopic (exact) mass is 641 g/mol. The summed E-state index contributed by atoms with van der Waals surface area (Å²) in [6.07, 6.45) is 9.40. The molecule has 5 aromatic rings. The maximum absolute atomic E-state index is 14.7. The summed E-state index contributed by atoms with van der Waals surface area (Å²) in [5.74, 6) is -1.60. The predicted octanol–water partition coefficient (Wildman–Crippen LogP) is 5.24. The number of hydrogen-bond donors (Lipinski definition) is 2. The molecule has 0 amide bonds. The van der Waals surface area contributed by atoms with E-state index in [1.165, 1.54) is 18.0 Å². The Balaban J connectivity index is 1.21. The fraction of sp³-hybridized carbons (Fsp3) is 0.206. The lowest BCUT2D eigenvalue weighted by atomic mass is 9.98. The Labute approximate surface area is 269 Å². The molecule has 2 unspecified atom stereocenters. The molecule has 3 aromatic heterocycles. The van der Waals surface area contributed by atoms with Crippen LogP contribution in [0.5, 0.6) is 0 Å². The summed E-state index contributed by atoms with van der Waals surface area (Å²) in [4.78, 5) is 11.0. The second-order valence-electron chi connectivity index (χ2n) is 11.0. The number of aromatic nitrogens is 4. The predicted molar refractivity (Wildman–Crippen MR) is 175 cm³/mol. The van der Waals surface area contributed by atoms with Gasteiger partial charge in [-0.15, -0.1) is 0 Å². The summed E-state index contributed by atoms with van der Waals surface area (Å²) < 4.78 is 50.7. The second kappa shape index (κ2) is 14.2. The van der Waals surface area contributed by atoms with Crippen molar-refractivity contribution in [2.75, 3.05) is 30.7 Å². The molecule has 6 rings (SSSR count). The normalized spacial score (nSPS) is 16.3. The lowest BCUT2D eigenvalue weighted by Crippen LogP contribution is -2.47. The molecular weight excluding hydrogens is 608 g/mol. The zero-order valence-corrected chi connectivity index (χ0v) is 26.0. The third kappa shape index (κ3) is 7.43. The summed E-state index contributed by atoms with van der Waals surface area (Å²) in [5.41, 5.74) is 11.6. The summed E-state index contributed by atoms with van der Waals surface area (Å²) in [6, 6.07) is 20.2. The summed E-state index contributed by atoms with van der Waals surface area (Å²) in [7, 11) is 0. The zero-order valence-electron chi connectivity index (χ0n) is 25.1. The van der Waals surface area contributed by atoms with Crippen LogP contribution in [0.25, 0.3) is 28.0 Å². The lowest BCUT2D eigenvalue weighted by molar-refractivity contribution is -0.0187. The number of nitrogens with zero attached hydrogens (tertiary/aromatic N) is 5. The Morgan fingerprint density at radius 3 is 2.63 bits per heavy atom. The number of halogens is 2. The van der Waals surface area contributed by atoms with Crippen LogP contribution in [0.1, 0.15) is 16.8 Å².